The molecule has 2 aromatic heterocycles. The van der Waals surface area contributed by atoms with Crippen LogP contribution in [0, 0.1) is 0 Å². The van der Waals surface area contributed by atoms with E-state index in [1.54, 1.807) is 16.0 Å². The van der Waals surface area contributed by atoms with Gasteiger partial charge in [0.25, 0.3) is 0 Å². The number of aromatic nitrogens is 3. The number of hydrogen-bond donors (Lipinski definition) is 0. The van der Waals surface area contributed by atoms with E-state index in [-0.39, 0.29) is 11.2 Å². The van der Waals surface area contributed by atoms with Gasteiger partial charge >= 0.3 is 0 Å². The molecule has 0 bridgehead atoms. The van der Waals surface area contributed by atoms with Gasteiger partial charge in [0.2, 0.25) is 0 Å². The van der Waals surface area contributed by atoms with Gasteiger partial charge in [-0.3, -0.25) is 9.48 Å². The molecule has 0 aliphatic carbocycles. The van der Waals surface area contributed by atoms with Gasteiger partial charge in [0.05, 0.1) is 17.8 Å². The lowest BCUT2D eigenvalue weighted by molar-refractivity contribution is 0.0982. The zero-order valence-corrected chi connectivity index (χ0v) is 14.3. The maximum atomic E-state index is 12.5. The third kappa shape index (κ3) is 3.59. The molecule has 0 aliphatic rings. The Kier molecular flexibility index (Phi) is 4.61. The number of rotatable bonds is 5. The summed E-state index contributed by atoms with van der Waals surface area (Å²) in [6.45, 7) is 11.2. The van der Waals surface area contributed by atoms with Crippen molar-refractivity contribution in [3.05, 3.63) is 33.5 Å². The van der Waals surface area contributed by atoms with E-state index in [4.69, 9.17) is 0 Å². The summed E-state index contributed by atoms with van der Waals surface area (Å²) in [5, 5.41) is 7.37. The maximum absolute atomic E-state index is 12.5. The Labute approximate surface area is 130 Å². The molecule has 0 radical (unpaired) electrons. The largest absolute Gasteiger partial charge is 0.292 e. The van der Waals surface area contributed by atoms with Crippen LogP contribution in [0.15, 0.2) is 11.4 Å². The van der Waals surface area contributed by atoms with Crippen LogP contribution in [0.1, 0.15) is 61.5 Å². The van der Waals surface area contributed by atoms with E-state index in [2.05, 4.69) is 36.2 Å². The minimum absolute atomic E-state index is 0.0262. The first-order valence-electron chi connectivity index (χ1n) is 7.40. The third-order valence-electron chi connectivity index (χ3n) is 3.41. The van der Waals surface area contributed by atoms with Crippen molar-refractivity contribution in [2.45, 2.75) is 59.4 Å². The summed E-state index contributed by atoms with van der Waals surface area (Å²) in [7, 11) is 0. The van der Waals surface area contributed by atoms with Gasteiger partial charge in [-0.25, -0.2) is 4.98 Å². The number of carbonyl (C=O) groups is 1. The van der Waals surface area contributed by atoms with Crippen molar-refractivity contribution in [3.8, 4) is 0 Å². The van der Waals surface area contributed by atoms with Crippen LogP contribution in [-0.4, -0.2) is 20.5 Å². The fourth-order valence-corrected chi connectivity index (χ4v) is 3.09. The number of thiazole rings is 1. The summed E-state index contributed by atoms with van der Waals surface area (Å²) in [5.74, 6) is 0.0962. The van der Waals surface area contributed by atoms with Gasteiger partial charge in [0.15, 0.2) is 5.78 Å². The van der Waals surface area contributed by atoms with E-state index in [0.717, 1.165) is 22.8 Å². The topological polar surface area (TPSA) is 47.8 Å². The minimum atomic E-state index is 0.0262. The van der Waals surface area contributed by atoms with Crippen molar-refractivity contribution in [3.63, 3.8) is 0 Å². The van der Waals surface area contributed by atoms with Crippen LogP contribution in [0.5, 0.6) is 0 Å². The molecule has 0 unspecified atom stereocenters. The highest BCUT2D eigenvalue weighted by Gasteiger charge is 2.20. The first-order chi connectivity index (χ1) is 9.85. The quantitative estimate of drug-likeness (QED) is 0.792. The Morgan fingerprint density at radius 2 is 2.05 bits per heavy atom. The molecule has 0 saturated heterocycles. The molecule has 0 fully saturated rings. The number of hydrogen-bond acceptors (Lipinski definition) is 4. The molecule has 0 spiro atoms. The predicted molar refractivity (Wildman–Crippen MR) is 86.1 cm³/mol. The molecule has 0 atom stereocenters. The van der Waals surface area contributed by atoms with Crippen molar-refractivity contribution < 1.29 is 4.79 Å². The minimum Gasteiger partial charge on any atom is -0.292 e. The molecular weight excluding hydrogens is 282 g/mol. The molecule has 4 nitrogen and oxygen atoms in total. The van der Waals surface area contributed by atoms with E-state index in [0.29, 0.717) is 18.7 Å². The standard InChI is InChI=1S/C16H23N3OS/c1-6-11-8-12(19(7-2)18-11)13(20)9-15-17-14(10-21-15)16(3,4)5/h8,10H,6-7,9H2,1-5H3. The zero-order chi connectivity index (χ0) is 15.6. The van der Waals surface area contributed by atoms with E-state index in [1.807, 2.05) is 19.9 Å². The molecule has 114 valence electrons. The van der Waals surface area contributed by atoms with Crippen LogP contribution >= 0.6 is 11.3 Å². The summed E-state index contributed by atoms with van der Waals surface area (Å²) in [4.78, 5) is 17.1. The average molecular weight is 305 g/mol. The second-order valence-corrected chi connectivity index (χ2v) is 7.11. The molecule has 2 aromatic rings. The number of nitrogens with zero attached hydrogens (tertiary/aromatic N) is 3. The number of aryl methyl sites for hydroxylation is 2. The van der Waals surface area contributed by atoms with Gasteiger partial charge in [-0.15, -0.1) is 11.3 Å². The Bertz CT molecular complexity index is 634. The normalized spacial score (nSPS) is 11.9. The Balaban J connectivity index is 2.18. The van der Waals surface area contributed by atoms with Crippen molar-refractivity contribution in [2.24, 2.45) is 0 Å². The van der Waals surface area contributed by atoms with Crippen LogP contribution in [0.4, 0.5) is 0 Å². The zero-order valence-electron chi connectivity index (χ0n) is 13.4. The van der Waals surface area contributed by atoms with E-state index in [9.17, 15) is 4.79 Å². The van der Waals surface area contributed by atoms with Gasteiger partial charge in [-0.1, -0.05) is 27.7 Å². The fourth-order valence-electron chi connectivity index (χ4n) is 2.07. The van der Waals surface area contributed by atoms with Gasteiger partial charge in [0, 0.05) is 17.3 Å². The highest BCUT2D eigenvalue weighted by Crippen LogP contribution is 2.24. The lowest BCUT2D eigenvalue weighted by Crippen LogP contribution is -2.13. The van der Waals surface area contributed by atoms with Crippen molar-refractivity contribution in [1.29, 1.82) is 0 Å². The average Bonchev–Trinajstić information content (AvgIpc) is 3.03. The van der Waals surface area contributed by atoms with Crippen molar-refractivity contribution >= 4 is 17.1 Å². The van der Waals surface area contributed by atoms with Crippen molar-refractivity contribution in [1.82, 2.24) is 14.8 Å². The second-order valence-electron chi connectivity index (χ2n) is 6.17. The smallest absolute Gasteiger partial charge is 0.187 e. The van der Waals surface area contributed by atoms with Gasteiger partial charge in [-0.05, 0) is 19.4 Å². The van der Waals surface area contributed by atoms with E-state index < -0.39 is 0 Å². The Morgan fingerprint density at radius 1 is 1.33 bits per heavy atom. The van der Waals surface area contributed by atoms with Crippen LogP contribution in [0.3, 0.4) is 0 Å². The maximum Gasteiger partial charge on any atom is 0.187 e. The van der Waals surface area contributed by atoms with Crippen LogP contribution in [0.25, 0.3) is 0 Å². The van der Waals surface area contributed by atoms with Crippen LogP contribution < -0.4 is 0 Å². The molecule has 0 aromatic carbocycles. The summed E-state index contributed by atoms with van der Waals surface area (Å²) in [5.41, 5.74) is 2.74. The second kappa shape index (κ2) is 6.10. The molecule has 0 N–H and O–H groups in total. The molecular formula is C16H23N3OS. The highest BCUT2D eigenvalue weighted by atomic mass is 32.1. The summed E-state index contributed by atoms with van der Waals surface area (Å²) >= 11 is 1.56. The van der Waals surface area contributed by atoms with Gasteiger partial charge in [0.1, 0.15) is 10.7 Å². The SMILES string of the molecule is CCc1cc(C(=O)Cc2nc(C(C)(C)C)cs2)n(CC)n1. The first kappa shape index (κ1) is 15.9. The molecule has 2 heterocycles. The summed E-state index contributed by atoms with van der Waals surface area (Å²) in [6.07, 6.45) is 1.20. The van der Waals surface area contributed by atoms with Crippen LogP contribution in [0.2, 0.25) is 0 Å². The van der Waals surface area contributed by atoms with Crippen molar-refractivity contribution in [2.75, 3.05) is 0 Å². The lowest BCUT2D eigenvalue weighted by atomic mass is 9.93. The number of Topliss-reactive ketones (excluding diaryl/α,β-unsaturated/α-hetero) is 1. The molecule has 0 aliphatic heterocycles. The van der Waals surface area contributed by atoms with E-state index in [1.165, 1.54) is 0 Å². The number of carbonyl (C=O) groups excluding carboxylic acids is 1. The third-order valence-corrected chi connectivity index (χ3v) is 4.26. The molecule has 0 saturated carbocycles. The monoisotopic (exact) mass is 305 g/mol. The Morgan fingerprint density at radius 3 is 2.57 bits per heavy atom. The molecule has 2 rings (SSSR count). The predicted octanol–water partition coefficient (Wildman–Crippen LogP) is 3.64. The molecule has 0 amide bonds. The Hall–Kier alpha value is -1.49. The molecule has 5 heteroatoms. The van der Waals surface area contributed by atoms with Gasteiger partial charge in [-0.2, -0.15) is 5.10 Å². The van der Waals surface area contributed by atoms with Crippen LogP contribution in [-0.2, 0) is 24.8 Å². The van der Waals surface area contributed by atoms with Gasteiger partial charge < -0.3 is 0 Å². The van der Waals surface area contributed by atoms with E-state index >= 15 is 0 Å². The fraction of sp³-hybridized carbons (Fsp3) is 0.562. The highest BCUT2D eigenvalue weighted by molar-refractivity contribution is 7.09. The lowest BCUT2D eigenvalue weighted by Gasteiger charge is -2.14. The number of ketones is 1. The first-order valence-corrected chi connectivity index (χ1v) is 8.28. The summed E-state index contributed by atoms with van der Waals surface area (Å²) in [6, 6.07) is 1.91. The summed E-state index contributed by atoms with van der Waals surface area (Å²) < 4.78 is 1.79. The molecule has 21 heavy (non-hydrogen) atoms.